The van der Waals surface area contributed by atoms with Crippen molar-refractivity contribution in [3.05, 3.63) is 57.5 Å². The van der Waals surface area contributed by atoms with Gasteiger partial charge in [0.1, 0.15) is 28.7 Å². The highest BCUT2D eigenvalue weighted by Gasteiger charge is 2.26. The topological polar surface area (TPSA) is 84.8 Å². The van der Waals surface area contributed by atoms with Crippen molar-refractivity contribution in [1.29, 1.82) is 0 Å². The first-order chi connectivity index (χ1) is 18.2. The second kappa shape index (κ2) is 10.5. The minimum atomic E-state index is -3.02. The van der Waals surface area contributed by atoms with Gasteiger partial charge in [0.2, 0.25) is 0 Å². The molecule has 1 atom stereocenters. The number of hydrogen-bond donors (Lipinski definition) is 1. The Labute approximate surface area is 213 Å². The van der Waals surface area contributed by atoms with Crippen LogP contribution in [0.5, 0.6) is 0 Å². The van der Waals surface area contributed by atoms with Crippen LogP contribution in [0.2, 0.25) is 0 Å². The molecule has 0 amide bonds. The van der Waals surface area contributed by atoms with Crippen molar-refractivity contribution in [2.24, 2.45) is 0 Å². The van der Waals surface area contributed by atoms with E-state index in [4.69, 9.17) is 10.8 Å². The van der Waals surface area contributed by atoms with E-state index in [1.807, 2.05) is 9.91 Å². The number of ether oxygens (including phenoxy) is 2. The zero-order valence-electron chi connectivity index (χ0n) is 21.6. The summed E-state index contributed by atoms with van der Waals surface area (Å²) in [7, 11) is 0. The predicted octanol–water partition coefficient (Wildman–Crippen LogP) is 3.15. The van der Waals surface area contributed by atoms with Crippen LogP contribution in [0.4, 0.5) is 24.7 Å². The van der Waals surface area contributed by atoms with Gasteiger partial charge in [-0.05, 0) is 13.8 Å². The van der Waals surface area contributed by atoms with Crippen molar-refractivity contribution >= 4 is 22.4 Å². The van der Waals surface area contributed by atoms with Gasteiger partial charge in [0, 0.05) is 24.8 Å². The summed E-state index contributed by atoms with van der Waals surface area (Å²) in [6, 6.07) is 1.71. The minimum Gasteiger partial charge on any atom is -0.378 e. The van der Waals surface area contributed by atoms with Gasteiger partial charge in [-0.3, -0.25) is 4.79 Å². The maximum atomic E-state index is 15.0. The third kappa shape index (κ3) is 4.95. The van der Waals surface area contributed by atoms with E-state index >= 15 is 4.39 Å². The average Bonchev–Trinajstić information content (AvgIpc) is 2.89. The van der Waals surface area contributed by atoms with Gasteiger partial charge < -0.3 is 24.7 Å². The van der Waals surface area contributed by atoms with Gasteiger partial charge in [0.05, 0.1) is 57.9 Å². The van der Waals surface area contributed by atoms with Crippen LogP contribution in [0.25, 0.3) is 10.9 Å². The maximum absolute atomic E-state index is 15.0. The van der Waals surface area contributed by atoms with Crippen molar-refractivity contribution in [1.82, 2.24) is 14.6 Å². The first-order valence-corrected chi connectivity index (χ1v) is 12.1. The van der Waals surface area contributed by atoms with Crippen LogP contribution < -0.4 is 20.8 Å². The lowest BCUT2D eigenvalue weighted by Crippen LogP contribution is -2.50. The Kier molecular flexibility index (Phi) is 6.83. The lowest BCUT2D eigenvalue weighted by Gasteiger charge is -2.33. The number of morpholine rings is 2. The van der Waals surface area contributed by atoms with Crippen LogP contribution in [-0.2, 0) is 9.47 Å². The van der Waals surface area contributed by atoms with E-state index in [1.165, 1.54) is 23.7 Å². The molecule has 0 aliphatic carbocycles. The van der Waals surface area contributed by atoms with Gasteiger partial charge in [-0.1, -0.05) is 18.2 Å². The van der Waals surface area contributed by atoms with Crippen molar-refractivity contribution in [3.63, 3.8) is 0 Å². The highest BCUT2D eigenvalue weighted by Crippen LogP contribution is 2.32. The number of pyridine rings is 1. The fourth-order valence-electron chi connectivity index (χ4n) is 4.67. The summed E-state index contributed by atoms with van der Waals surface area (Å²) in [6.07, 6.45) is -1.41. The molecule has 37 heavy (non-hydrogen) atoms. The second-order valence-corrected chi connectivity index (χ2v) is 8.93. The molecule has 0 spiro atoms. The first kappa shape index (κ1) is 24.0. The molecule has 1 N–H and O–H groups in total. The van der Waals surface area contributed by atoms with E-state index in [1.54, 1.807) is 13.1 Å². The van der Waals surface area contributed by atoms with Crippen molar-refractivity contribution in [2.45, 2.75) is 26.3 Å². The number of nitrogens with one attached hydrogen (secondary N) is 1. The van der Waals surface area contributed by atoms with Gasteiger partial charge in [-0.25, -0.2) is 27.8 Å². The number of halogens is 3. The number of aromatic nitrogens is 3. The normalized spacial score (nSPS) is 18.7. The average molecular weight is 520 g/mol. The lowest BCUT2D eigenvalue weighted by molar-refractivity contribution is 0.110. The summed E-state index contributed by atoms with van der Waals surface area (Å²) in [4.78, 5) is 24.8. The molecule has 2 aliphatic heterocycles. The maximum Gasteiger partial charge on any atom is 0.294 e. The van der Waals surface area contributed by atoms with Gasteiger partial charge in [-0.2, -0.15) is 0 Å². The lowest BCUT2D eigenvalue weighted by atomic mass is 10.0. The molecular formula is C25H29F3N6O3. The Hall–Kier alpha value is -3.38. The van der Waals surface area contributed by atoms with Gasteiger partial charge in [0.15, 0.2) is 0 Å². The molecule has 2 fully saturated rings. The first-order valence-electron chi connectivity index (χ1n) is 12.6. The molecule has 2 saturated heterocycles. The molecule has 2 aliphatic rings. The van der Waals surface area contributed by atoms with E-state index in [9.17, 15) is 13.6 Å². The van der Waals surface area contributed by atoms with Crippen LogP contribution in [0.1, 0.15) is 37.7 Å². The van der Waals surface area contributed by atoms with Crippen LogP contribution in [0, 0.1) is 12.7 Å². The van der Waals surface area contributed by atoms with E-state index in [0.717, 1.165) is 6.07 Å². The van der Waals surface area contributed by atoms with E-state index in [-0.39, 0.29) is 16.9 Å². The quantitative estimate of drug-likeness (QED) is 0.532. The minimum absolute atomic E-state index is 0.184. The van der Waals surface area contributed by atoms with Crippen LogP contribution in [0.3, 0.4) is 0 Å². The van der Waals surface area contributed by atoms with E-state index in [0.29, 0.717) is 75.0 Å². The molecule has 2 aromatic heterocycles. The molecule has 4 heterocycles. The van der Waals surface area contributed by atoms with Crippen LogP contribution >= 0.6 is 0 Å². The number of benzene rings is 1. The number of alkyl halides is 2. The summed E-state index contributed by atoms with van der Waals surface area (Å²) in [5.74, 6) is -0.638. The molecule has 198 valence electrons. The Morgan fingerprint density at radius 1 is 1.05 bits per heavy atom. The standard InChI is InChI=1S/C25H29F3N6O3/c1-15(17-4-3-5-18(20(17)26)23(27)28)29-24-19-14-34(33-8-12-37-13-9-33)25(35)22(21(19)30-16(2)31-24)32-6-10-36-11-7-32/h3-5,14-15,23H,6-13H2,1-2H3,(H,29,30,31)/t15-/m1/s1/i15D. The van der Waals surface area contributed by atoms with Gasteiger partial charge >= 0.3 is 0 Å². The monoisotopic (exact) mass is 519 g/mol. The third-order valence-corrected chi connectivity index (χ3v) is 6.54. The summed E-state index contributed by atoms with van der Waals surface area (Å²) >= 11 is 0. The predicted molar refractivity (Wildman–Crippen MR) is 134 cm³/mol. The van der Waals surface area contributed by atoms with Gasteiger partial charge in [-0.15, -0.1) is 0 Å². The number of fused-ring (bicyclic) bond motifs is 1. The number of nitrogens with zero attached hydrogens (tertiary/aromatic N) is 5. The van der Waals surface area contributed by atoms with Gasteiger partial charge in [0.25, 0.3) is 12.0 Å². The van der Waals surface area contributed by atoms with Crippen molar-refractivity contribution in [3.8, 4) is 0 Å². The Balaban J connectivity index is 1.68. The van der Waals surface area contributed by atoms with E-state index < -0.39 is 23.8 Å². The largest absolute Gasteiger partial charge is 0.378 e. The summed E-state index contributed by atoms with van der Waals surface area (Å²) < 4.78 is 63.1. The van der Waals surface area contributed by atoms with Crippen LogP contribution in [0.15, 0.2) is 29.2 Å². The molecule has 3 aromatic rings. The molecule has 9 nitrogen and oxygen atoms in total. The second-order valence-electron chi connectivity index (χ2n) is 8.93. The number of anilines is 2. The molecule has 1 aromatic carbocycles. The number of aryl methyl sites for hydroxylation is 1. The molecule has 12 heteroatoms. The van der Waals surface area contributed by atoms with E-state index in [2.05, 4.69) is 15.3 Å². The molecular weight excluding hydrogens is 489 g/mol. The Morgan fingerprint density at radius 2 is 1.70 bits per heavy atom. The summed E-state index contributed by atoms with van der Waals surface area (Å²) in [5.41, 5.74) is -0.524. The molecule has 0 bridgehead atoms. The summed E-state index contributed by atoms with van der Waals surface area (Å²) in [5, 5.41) is 5.24. The van der Waals surface area contributed by atoms with Crippen molar-refractivity contribution in [2.75, 3.05) is 67.8 Å². The molecule has 0 unspecified atom stereocenters. The van der Waals surface area contributed by atoms with Crippen LogP contribution in [-0.4, -0.2) is 67.3 Å². The Morgan fingerprint density at radius 3 is 2.38 bits per heavy atom. The smallest absolute Gasteiger partial charge is 0.294 e. The molecule has 5 rings (SSSR count). The van der Waals surface area contributed by atoms with Crippen molar-refractivity contribution < 1.29 is 24.0 Å². The third-order valence-electron chi connectivity index (χ3n) is 6.54. The zero-order valence-corrected chi connectivity index (χ0v) is 20.6. The molecule has 0 saturated carbocycles. The molecule has 0 radical (unpaired) electrons. The SMILES string of the molecule is [2H][C@](C)(Nc1nc(C)nc2c(N3CCOCC3)c(=O)n(N3CCOCC3)cc12)c1cccc(C(F)F)c1F. The fourth-order valence-corrected chi connectivity index (χ4v) is 4.67. The fraction of sp³-hybridized carbons (Fsp3) is 0.480. The highest BCUT2D eigenvalue weighted by atomic mass is 19.3. The summed E-state index contributed by atoms with van der Waals surface area (Å²) in [6.45, 7) is 6.80. The zero-order chi connectivity index (χ0) is 27.0. The highest BCUT2D eigenvalue weighted by molar-refractivity contribution is 5.97. The number of rotatable bonds is 6. The Bertz CT molecular complexity index is 1390. The number of hydrogen-bond acceptors (Lipinski definition) is 8.